The maximum Gasteiger partial charge on any atom is 0.315 e. The van der Waals surface area contributed by atoms with Gasteiger partial charge in [0.15, 0.2) is 0 Å². The fraction of sp³-hybridized carbons (Fsp3) is 0.917. The molecule has 2 unspecified atom stereocenters. The topological polar surface area (TPSA) is 82.3 Å². The summed E-state index contributed by atoms with van der Waals surface area (Å²) in [5, 5.41) is 12.7. The molecule has 3 rings (SSSR count). The van der Waals surface area contributed by atoms with Crippen molar-refractivity contribution in [2.24, 2.45) is 10.8 Å². The van der Waals surface area contributed by atoms with Crippen molar-refractivity contribution in [3.8, 4) is 0 Å². The second-order valence-corrected chi connectivity index (χ2v) is 11.4. The molecule has 0 aromatic heterocycles. The van der Waals surface area contributed by atoms with Crippen LogP contribution < -0.4 is 21.3 Å². The standard InChI is InChI=1S/C24H44N4O2/c1-23(2)14-20(28-22(30)27-19-12-8-5-9-13-19)15-24(3,16-23)17-25-21(29)26-18-10-6-4-7-11-18/h18-20H,4-17H2,1-3H3,(H2,25,26,29)(H2,27,28,30). The summed E-state index contributed by atoms with van der Waals surface area (Å²) >= 11 is 0. The predicted octanol–water partition coefficient (Wildman–Crippen LogP) is 4.84. The third kappa shape index (κ3) is 7.35. The zero-order chi connectivity index (χ0) is 21.6. The van der Waals surface area contributed by atoms with Crippen LogP contribution in [0.25, 0.3) is 0 Å². The molecule has 3 fully saturated rings. The fourth-order valence-electron chi connectivity index (χ4n) is 6.31. The van der Waals surface area contributed by atoms with Gasteiger partial charge in [0.05, 0.1) is 0 Å². The normalized spacial score (nSPS) is 30.3. The molecule has 4 amide bonds. The average Bonchev–Trinajstić information content (AvgIpc) is 2.66. The first-order valence-electron chi connectivity index (χ1n) is 12.3. The lowest BCUT2D eigenvalue weighted by Gasteiger charge is -2.47. The van der Waals surface area contributed by atoms with Crippen LogP contribution in [0, 0.1) is 10.8 Å². The van der Waals surface area contributed by atoms with E-state index in [0.717, 1.165) is 44.9 Å². The second-order valence-electron chi connectivity index (χ2n) is 11.4. The van der Waals surface area contributed by atoms with Gasteiger partial charge in [0.25, 0.3) is 0 Å². The van der Waals surface area contributed by atoms with Gasteiger partial charge in [0, 0.05) is 24.7 Å². The molecular formula is C24H44N4O2. The second kappa shape index (κ2) is 10.2. The smallest absolute Gasteiger partial charge is 0.315 e. The first-order valence-corrected chi connectivity index (χ1v) is 12.3. The van der Waals surface area contributed by atoms with Gasteiger partial charge in [-0.2, -0.15) is 0 Å². The van der Waals surface area contributed by atoms with Crippen LogP contribution in [-0.2, 0) is 0 Å². The zero-order valence-corrected chi connectivity index (χ0v) is 19.4. The molecule has 0 spiro atoms. The summed E-state index contributed by atoms with van der Waals surface area (Å²) in [4.78, 5) is 25.0. The molecule has 0 aliphatic heterocycles. The van der Waals surface area contributed by atoms with Crippen LogP contribution in [0.4, 0.5) is 9.59 Å². The Hall–Kier alpha value is -1.46. The summed E-state index contributed by atoms with van der Waals surface area (Å²) in [6, 6.07) is 0.741. The molecule has 30 heavy (non-hydrogen) atoms. The minimum Gasteiger partial charge on any atom is -0.338 e. The van der Waals surface area contributed by atoms with Crippen LogP contribution in [0.1, 0.15) is 104 Å². The highest BCUT2D eigenvalue weighted by molar-refractivity contribution is 5.75. The molecule has 0 radical (unpaired) electrons. The average molecular weight is 421 g/mol. The Morgan fingerprint density at radius 3 is 1.77 bits per heavy atom. The first kappa shape index (κ1) is 23.2. The predicted molar refractivity (Wildman–Crippen MR) is 121 cm³/mol. The van der Waals surface area contributed by atoms with Crippen LogP contribution in [0.15, 0.2) is 0 Å². The summed E-state index contributed by atoms with van der Waals surface area (Å²) in [5.74, 6) is 0. The first-order chi connectivity index (χ1) is 14.2. The zero-order valence-electron chi connectivity index (χ0n) is 19.4. The van der Waals surface area contributed by atoms with E-state index in [1.165, 1.54) is 38.5 Å². The highest BCUT2D eigenvalue weighted by Gasteiger charge is 2.42. The van der Waals surface area contributed by atoms with Crippen LogP contribution in [-0.4, -0.2) is 36.7 Å². The molecule has 172 valence electrons. The van der Waals surface area contributed by atoms with Crippen molar-refractivity contribution in [1.82, 2.24) is 21.3 Å². The Labute approximate surface area is 183 Å². The van der Waals surface area contributed by atoms with E-state index in [1.807, 2.05) is 0 Å². The molecule has 2 atom stereocenters. The maximum absolute atomic E-state index is 12.6. The molecule has 0 aromatic rings. The number of hydrogen-bond acceptors (Lipinski definition) is 2. The highest BCUT2D eigenvalue weighted by atomic mass is 16.2. The molecule has 0 bridgehead atoms. The van der Waals surface area contributed by atoms with Gasteiger partial charge >= 0.3 is 12.1 Å². The van der Waals surface area contributed by atoms with Gasteiger partial charge in [-0.15, -0.1) is 0 Å². The minimum atomic E-state index is -0.0361. The van der Waals surface area contributed by atoms with Gasteiger partial charge in [-0.3, -0.25) is 0 Å². The lowest BCUT2D eigenvalue weighted by atomic mass is 9.62. The van der Waals surface area contributed by atoms with Crippen LogP contribution >= 0.6 is 0 Å². The molecule has 6 nitrogen and oxygen atoms in total. The lowest BCUT2D eigenvalue weighted by molar-refractivity contribution is 0.0745. The van der Waals surface area contributed by atoms with E-state index in [9.17, 15) is 9.59 Å². The van der Waals surface area contributed by atoms with Crippen LogP contribution in [0.3, 0.4) is 0 Å². The van der Waals surface area contributed by atoms with Gasteiger partial charge in [0.2, 0.25) is 0 Å². The van der Waals surface area contributed by atoms with Gasteiger partial charge in [0.1, 0.15) is 0 Å². The third-order valence-corrected chi connectivity index (χ3v) is 7.34. The fourth-order valence-corrected chi connectivity index (χ4v) is 6.31. The summed E-state index contributed by atoms with van der Waals surface area (Å²) in [6.45, 7) is 7.46. The Balaban J connectivity index is 1.48. The molecule has 0 aromatic carbocycles. The van der Waals surface area contributed by atoms with Gasteiger partial charge < -0.3 is 21.3 Å². The van der Waals surface area contributed by atoms with Gasteiger partial charge in [-0.1, -0.05) is 59.3 Å². The summed E-state index contributed by atoms with van der Waals surface area (Å²) in [6.07, 6.45) is 14.8. The van der Waals surface area contributed by atoms with E-state index in [-0.39, 0.29) is 28.9 Å². The lowest BCUT2D eigenvalue weighted by Crippen LogP contribution is -2.54. The van der Waals surface area contributed by atoms with Crippen molar-refractivity contribution in [3.63, 3.8) is 0 Å². The molecule has 3 aliphatic carbocycles. The van der Waals surface area contributed by atoms with E-state index < -0.39 is 0 Å². The SMILES string of the molecule is CC1(C)CC(NC(=O)NC2CCCCC2)CC(C)(CNC(=O)NC2CCCCC2)C1. The number of carbonyl (C=O) groups is 2. The third-order valence-electron chi connectivity index (χ3n) is 7.34. The quantitative estimate of drug-likeness (QED) is 0.513. The van der Waals surface area contributed by atoms with Crippen molar-refractivity contribution in [2.45, 2.75) is 122 Å². The Bertz CT molecular complexity index is 582. The van der Waals surface area contributed by atoms with E-state index in [1.54, 1.807) is 0 Å². The number of hydrogen-bond donors (Lipinski definition) is 4. The Morgan fingerprint density at radius 2 is 1.20 bits per heavy atom. The number of amides is 4. The van der Waals surface area contributed by atoms with E-state index in [2.05, 4.69) is 42.0 Å². The van der Waals surface area contributed by atoms with E-state index >= 15 is 0 Å². The number of nitrogens with one attached hydrogen (secondary N) is 4. The summed E-state index contributed by atoms with van der Waals surface area (Å²) in [7, 11) is 0. The number of rotatable bonds is 5. The van der Waals surface area contributed by atoms with Crippen molar-refractivity contribution in [2.75, 3.05) is 6.54 Å². The molecule has 3 saturated carbocycles. The molecule has 3 aliphatic rings. The van der Waals surface area contributed by atoms with Gasteiger partial charge in [-0.05, 0) is 55.8 Å². The largest absolute Gasteiger partial charge is 0.338 e. The van der Waals surface area contributed by atoms with Crippen molar-refractivity contribution in [1.29, 1.82) is 0 Å². The monoisotopic (exact) mass is 420 g/mol. The van der Waals surface area contributed by atoms with Crippen LogP contribution in [0.5, 0.6) is 0 Å². The van der Waals surface area contributed by atoms with Crippen molar-refractivity contribution < 1.29 is 9.59 Å². The molecular weight excluding hydrogens is 376 g/mol. The molecule has 0 heterocycles. The van der Waals surface area contributed by atoms with Gasteiger partial charge in [-0.25, -0.2) is 9.59 Å². The van der Waals surface area contributed by atoms with Crippen molar-refractivity contribution in [3.05, 3.63) is 0 Å². The molecule has 4 N–H and O–H groups in total. The Kier molecular flexibility index (Phi) is 7.92. The summed E-state index contributed by atoms with van der Waals surface area (Å²) < 4.78 is 0. The minimum absolute atomic E-state index is 0.0186. The maximum atomic E-state index is 12.6. The molecule has 0 saturated heterocycles. The Morgan fingerprint density at radius 1 is 0.700 bits per heavy atom. The number of urea groups is 2. The summed E-state index contributed by atoms with van der Waals surface area (Å²) in [5.41, 5.74) is 0.117. The van der Waals surface area contributed by atoms with Crippen molar-refractivity contribution >= 4 is 12.1 Å². The van der Waals surface area contributed by atoms with E-state index in [0.29, 0.717) is 18.6 Å². The van der Waals surface area contributed by atoms with E-state index in [4.69, 9.17) is 0 Å². The number of carbonyl (C=O) groups excluding carboxylic acids is 2. The highest BCUT2D eigenvalue weighted by Crippen LogP contribution is 2.45. The van der Waals surface area contributed by atoms with Crippen LogP contribution in [0.2, 0.25) is 0 Å². The molecule has 6 heteroatoms.